The van der Waals surface area contributed by atoms with Crippen LogP contribution < -0.4 is 0 Å². The molecule has 7 heteroatoms. The SMILES string of the molecule is Cc1ccc(S(=O)(=O)OC2CC(C)S(=O)(=O)C(C)C2)cc1. The molecule has 5 nitrogen and oxygen atoms in total. The van der Waals surface area contributed by atoms with Crippen LogP contribution in [0.2, 0.25) is 0 Å². The molecule has 2 unspecified atom stereocenters. The molecule has 2 rings (SSSR count). The fourth-order valence-electron chi connectivity index (χ4n) is 2.52. The van der Waals surface area contributed by atoms with Crippen LogP contribution in [0.3, 0.4) is 0 Å². The summed E-state index contributed by atoms with van der Waals surface area (Å²) < 4.78 is 53.5. The molecule has 0 amide bonds. The van der Waals surface area contributed by atoms with E-state index in [1.54, 1.807) is 26.0 Å². The molecule has 0 spiro atoms. The van der Waals surface area contributed by atoms with E-state index in [0.29, 0.717) is 0 Å². The number of rotatable bonds is 3. The van der Waals surface area contributed by atoms with Crippen molar-refractivity contribution in [3.05, 3.63) is 29.8 Å². The Morgan fingerprint density at radius 3 is 2.00 bits per heavy atom. The average molecular weight is 332 g/mol. The average Bonchev–Trinajstić information content (AvgIpc) is 2.36. The van der Waals surface area contributed by atoms with Crippen molar-refractivity contribution in [3.63, 3.8) is 0 Å². The summed E-state index contributed by atoms with van der Waals surface area (Å²) in [5.41, 5.74) is 0.958. The van der Waals surface area contributed by atoms with E-state index in [-0.39, 0.29) is 17.7 Å². The fourth-order valence-corrected chi connectivity index (χ4v) is 5.37. The third kappa shape index (κ3) is 3.46. The molecule has 1 aromatic carbocycles. The lowest BCUT2D eigenvalue weighted by atomic mass is 10.1. The van der Waals surface area contributed by atoms with Gasteiger partial charge in [0.2, 0.25) is 0 Å². The van der Waals surface area contributed by atoms with Crippen LogP contribution in [-0.4, -0.2) is 33.4 Å². The van der Waals surface area contributed by atoms with Crippen LogP contribution in [0.15, 0.2) is 29.2 Å². The van der Waals surface area contributed by atoms with Crippen molar-refractivity contribution in [1.82, 2.24) is 0 Å². The molecule has 1 fully saturated rings. The second-order valence-electron chi connectivity index (χ2n) is 5.67. The van der Waals surface area contributed by atoms with Gasteiger partial charge < -0.3 is 0 Å². The molecule has 0 saturated carbocycles. The Kier molecular flexibility index (Phi) is 4.46. The molecule has 1 saturated heterocycles. The van der Waals surface area contributed by atoms with E-state index in [1.807, 2.05) is 6.92 Å². The zero-order chi connectivity index (χ0) is 15.8. The number of hydrogen-bond donors (Lipinski definition) is 0. The van der Waals surface area contributed by atoms with Gasteiger partial charge in [-0.3, -0.25) is 4.18 Å². The van der Waals surface area contributed by atoms with Gasteiger partial charge in [0, 0.05) is 0 Å². The Morgan fingerprint density at radius 1 is 1.05 bits per heavy atom. The highest BCUT2D eigenvalue weighted by atomic mass is 32.2. The largest absolute Gasteiger partial charge is 0.297 e. The third-order valence-corrected chi connectivity index (χ3v) is 7.89. The van der Waals surface area contributed by atoms with Crippen LogP contribution >= 0.6 is 0 Å². The Morgan fingerprint density at radius 2 is 1.52 bits per heavy atom. The first-order chi connectivity index (χ1) is 9.63. The Labute approximate surface area is 126 Å². The normalized spacial score (nSPS) is 29.2. The molecule has 0 aliphatic carbocycles. The number of sulfone groups is 1. The zero-order valence-corrected chi connectivity index (χ0v) is 13.9. The van der Waals surface area contributed by atoms with Crippen molar-refractivity contribution in [2.75, 3.05) is 0 Å². The molecule has 1 aromatic rings. The molecule has 21 heavy (non-hydrogen) atoms. The predicted molar refractivity (Wildman–Crippen MR) is 80.3 cm³/mol. The lowest BCUT2D eigenvalue weighted by Gasteiger charge is -2.30. The smallest absolute Gasteiger partial charge is 0.263 e. The highest BCUT2D eigenvalue weighted by Crippen LogP contribution is 2.29. The summed E-state index contributed by atoms with van der Waals surface area (Å²) in [5.74, 6) is 0. The van der Waals surface area contributed by atoms with E-state index < -0.39 is 36.6 Å². The van der Waals surface area contributed by atoms with E-state index in [9.17, 15) is 16.8 Å². The lowest BCUT2D eigenvalue weighted by molar-refractivity contribution is 0.180. The molecule has 0 N–H and O–H groups in total. The summed E-state index contributed by atoms with van der Waals surface area (Å²) >= 11 is 0. The van der Waals surface area contributed by atoms with Crippen LogP contribution in [0.25, 0.3) is 0 Å². The first kappa shape index (κ1) is 16.5. The fraction of sp³-hybridized carbons (Fsp3) is 0.571. The minimum absolute atomic E-state index is 0.0989. The monoisotopic (exact) mass is 332 g/mol. The van der Waals surface area contributed by atoms with E-state index in [2.05, 4.69) is 0 Å². The van der Waals surface area contributed by atoms with E-state index in [0.717, 1.165) is 5.56 Å². The highest BCUT2D eigenvalue weighted by Gasteiger charge is 2.39. The van der Waals surface area contributed by atoms with Gasteiger partial charge in [-0.15, -0.1) is 0 Å². The first-order valence-electron chi connectivity index (χ1n) is 6.85. The van der Waals surface area contributed by atoms with Gasteiger partial charge in [0.25, 0.3) is 10.1 Å². The number of aryl methyl sites for hydroxylation is 1. The van der Waals surface area contributed by atoms with Crippen LogP contribution in [0.5, 0.6) is 0 Å². The van der Waals surface area contributed by atoms with E-state index in [1.165, 1.54) is 12.1 Å². The van der Waals surface area contributed by atoms with Crippen LogP contribution in [-0.2, 0) is 24.1 Å². The van der Waals surface area contributed by atoms with Crippen molar-refractivity contribution in [3.8, 4) is 0 Å². The van der Waals surface area contributed by atoms with Crippen LogP contribution in [0, 0.1) is 6.92 Å². The molecular weight excluding hydrogens is 312 g/mol. The van der Waals surface area contributed by atoms with Gasteiger partial charge in [0.1, 0.15) is 0 Å². The van der Waals surface area contributed by atoms with E-state index in [4.69, 9.17) is 4.18 Å². The molecular formula is C14H20O5S2. The van der Waals surface area contributed by atoms with E-state index >= 15 is 0 Å². The zero-order valence-electron chi connectivity index (χ0n) is 12.3. The van der Waals surface area contributed by atoms with Crippen molar-refractivity contribution in [1.29, 1.82) is 0 Å². The van der Waals surface area contributed by atoms with Gasteiger partial charge in [-0.05, 0) is 45.7 Å². The minimum Gasteiger partial charge on any atom is -0.263 e. The molecule has 0 bridgehead atoms. The quantitative estimate of drug-likeness (QED) is 0.792. The third-order valence-electron chi connectivity index (χ3n) is 3.88. The Balaban J connectivity index is 2.17. The number of benzene rings is 1. The topological polar surface area (TPSA) is 77.5 Å². The lowest BCUT2D eigenvalue weighted by Crippen LogP contribution is -2.41. The van der Waals surface area contributed by atoms with Gasteiger partial charge in [-0.2, -0.15) is 8.42 Å². The highest BCUT2D eigenvalue weighted by molar-refractivity contribution is 7.92. The minimum atomic E-state index is -3.86. The summed E-state index contributed by atoms with van der Waals surface area (Å²) in [4.78, 5) is 0.0989. The summed E-state index contributed by atoms with van der Waals surface area (Å²) in [6.45, 7) is 5.06. The first-order valence-corrected chi connectivity index (χ1v) is 9.87. The molecule has 0 aromatic heterocycles. The van der Waals surface area contributed by atoms with Gasteiger partial charge in [-0.25, -0.2) is 8.42 Å². The second kappa shape index (κ2) is 5.70. The maximum atomic E-state index is 12.2. The van der Waals surface area contributed by atoms with Gasteiger partial charge in [0.05, 0.1) is 21.5 Å². The molecule has 1 aliphatic heterocycles. The van der Waals surface area contributed by atoms with Crippen LogP contribution in [0.1, 0.15) is 32.3 Å². The summed E-state index contributed by atoms with van der Waals surface area (Å²) in [7, 11) is -7.03. The van der Waals surface area contributed by atoms with Crippen molar-refractivity contribution < 1.29 is 21.0 Å². The van der Waals surface area contributed by atoms with Gasteiger partial charge in [0.15, 0.2) is 9.84 Å². The summed E-state index contributed by atoms with van der Waals surface area (Å²) in [6, 6.07) is 6.40. The summed E-state index contributed by atoms with van der Waals surface area (Å²) in [6.07, 6.45) is -0.181. The second-order valence-corrected chi connectivity index (χ2v) is 10.0. The molecule has 118 valence electrons. The van der Waals surface area contributed by atoms with Gasteiger partial charge >= 0.3 is 0 Å². The Bertz CT molecular complexity index is 686. The molecule has 0 radical (unpaired) electrons. The standard InChI is InChI=1S/C14H20O5S2/c1-10-4-6-14(7-5-10)21(17,18)19-13-8-11(2)20(15,16)12(3)9-13/h4-7,11-13H,8-9H2,1-3H3. The number of hydrogen-bond acceptors (Lipinski definition) is 5. The summed E-state index contributed by atoms with van der Waals surface area (Å²) in [5, 5.41) is -1.17. The Hall–Kier alpha value is -0.920. The van der Waals surface area contributed by atoms with Crippen LogP contribution in [0.4, 0.5) is 0 Å². The molecule has 1 aliphatic rings. The predicted octanol–water partition coefficient (Wildman–Crippen LogP) is 2.05. The van der Waals surface area contributed by atoms with Crippen molar-refractivity contribution in [2.24, 2.45) is 0 Å². The molecule has 1 heterocycles. The van der Waals surface area contributed by atoms with Gasteiger partial charge in [-0.1, -0.05) is 17.7 Å². The van der Waals surface area contributed by atoms with Crippen molar-refractivity contribution >= 4 is 20.0 Å². The molecule has 2 atom stereocenters. The van der Waals surface area contributed by atoms with Crippen molar-refractivity contribution in [2.45, 2.75) is 55.1 Å². The maximum Gasteiger partial charge on any atom is 0.297 e. The maximum absolute atomic E-state index is 12.2.